The van der Waals surface area contributed by atoms with Crippen LogP contribution in [0.4, 0.5) is 0 Å². The molecule has 2 aromatic carbocycles. The van der Waals surface area contributed by atoms with Crippen LogP contribution >= 0.6 is 95.6 Å². The van der Waals surface area contributed by atoms with E-state index in [0.29, 0.717) is 42.2 Å². The van der Waals surface area contributed by atoms with Gasteiger partial charge in [0.2, 0.25) is 0 Å². The molecule has 0 aliphatic heterocycles. The molecule has 10 heteroatoms. The van der Waals surface area contributed by atoms with Gasteiger partial charge in [0.25, 0.3) is 0 Å². The second-order valence-corrected chi connectivity index (χ2v) is 12.2. The van der Waals surface area contributed by atoms with Crippen molar-refractivity contribution in [2.45, 2.75) is 51.4 Å². The van der Waals surface area contributed by atoms with Crippen LogP contribution in [-0.4, -0.2) is 11.9 Å². The quantitative estimate of drug-likeness (QED) is 0.129. The van der Waals surface area contributed by atoms with Gasteiger partial charge in [-0.2, -0.15) is 0 Å². The van der Waals surface area contributed by atoms with Gasteiger partial charge < -0.3 is 9.47 Å². The van der Waals surface area contributed by atoms with Gasteiger partial charge in [-0.05, 0) is 101 Å². The van der Waals surface area contributed by atoms with Crippen LogP contribution in [0.2, 0.25) is 0 Å². The van der Waals surface area contributed by atoms with Gasteiger partial charge in [0.1, 0.15) is 0 Å². The SMILES string of the molecule is O=C(CCCCCCCCC(=O)Oc1c(Br)cc(Br)cc1Br)Oc1c(Br)cc(Br)cc1Br. The summed E-state index contributed by atoms with van der Waals surface area (Å²) >= 11 is 20.4. The molecule has 0 aliphatic rings. The standard InChI is InChI=1S/C22H20Br6O4/c23-13-9-15(25)21(16(26)10-13)31-19(29)7-5-3-1-2-4-6-8-20(30)32-22-17(27)11-14(24)12-18(22)28/h9-12H,1-8H2. The Labute approximate surface area is 238 Å². The summed E-state index contributed by atoms with van der Waals surface area (Å²) < 4.78 is 15.5. The summed E-state index contributed by atoms with van der Waals surface area (Å²) in [4.78, 5) is 24.2. The molecule has 0 saturated carbocycles. The Morgan fingerprint density at radius 3 is 1.12 bits per heavy atom. The molecule has 0 N–H and O–H groups in total. The molecule has 0 amide bonds. The second kappa shape index (κ2) is 14.6. The van der Waals surface area contributed by atoms with Crippen molar-refractivity contribution >= 4 is 108 Å². The lowest BCUT2D eigenvalue weighted by Gasteiger charge is -2.09. The minimum Gasteiger partial charge on any atom is -0.424 e. The van der Waals surface area contributed by atoms with Crippen LogP contribution < -0.4 is 9.47 Å². The molecule has 0 fully saturated rings. The Morgan fingerprint density at radius 2 is 0.812 bits per heavy atom. The second-order valence-electron chi connectivity index (χ2n) is 6.97. The normalized spacial score (nSPS) is 10.8. The molecule has 0 spiro atoms. The molecule has 0 atom stereocenters. The summed E-state index contributed by atoms with van der Waals surface area (Å²) in [5.74, 6) is 0.489. The van der Waals surface area contributed by atoms with Crippen LogP contribution in [0.1, 0.15) is 51.4 Å². The van der Waals surface area contributed by atoms with E-state index >= 15 is 0 Å². The average Bonchev–Trinajstić information content (AvgIpc) is 2.69. The van der Waals surface area contributed by atoms with Crippen LogP contribution in [0, 0.1) is 0 Å². The zero-order valence-electron chi connectivity index (χ0n) is 16.9. The van der Waals surface area contributed by atoms with Crippen molar-refractivity contribution in [3.63, 3.8) is 0 Å². The highest BCUT2D eigenvalue weighted by Gasteiger charge is 2.14. The van der Waals surface area contributed by atoms with Crippen molar-refractivity contribution < 1.29 is 19.1 Å². The van der Waals surface area contributed by atoms with E-state index in [9.17, 15) is 9.59 Å². The fraction of sp³-hybridized carbons (Fsp3) is 0.364. The monoisotopic (exact) mass is 822 g/mol. The van der Waals surface area contributed by atoms with E-state index in [1.807, 2.05) is 24.3 Å². The number of rotatable bonds is 11. The van der Waals surface area contributed by atoms with Gasteiger partial charge in [0.15, 0.2) is 11.5 Å². The number of esters is 2. The third-order valence-electron chi connectivity index (χ3n) is 4.37. The molecule has 0 saturated heterocycles. The van der Waals surface area contributed by atoms with E-state index in [1.54, 1.807) is 0 Å². The van der Waals surface area contributed by atoms with Gasteiger partial charge in [-0.15, -0.1) is 0 Å². The Hall–Kier alpha value is 0.260. The first-order valence-corrected chi connectivity index (χ1v) is 14.6. The summed E-state index contributed by atoms with van der Waals surface area (Å²) in [6.07, 6.45) is 6.21. The average molecular weight is 828 g/mol. The van der Waals surface area contributed by atoms with Gasteiger partial charge in [0, 0.05) is 21.8 Å². The van der Waals surface area contributed by atoms with Crippen molar-refractivity contribution in [2.24, 2.45) is 0 Å². The molecule has 174 valence electrons. The third-order valence-corrected chi connectivity index (χ3v) is 7.64. The summed E-state index contributed by atoms with van der Waals surface area (Å²) in [5.41, 5.74) is 0. The largest absolute Gasteiger partial charge is 0.424 e. The number of hydrogen-bond acceptors (Lipinski definition) is 4. The Bertz CT molecular complexity index is 840. The number of carbonyl (C=O) groups is 2. The molecule has 0 unspecified atom stereocenters. The van der Waals surface area contributed by atoms with Gasteiger partial charge in [-0.25, -0.2) is 0 Å². The van der Waals surface area contributed by atoms with E-state index < -0.39 is 0 Å². The van der Waals surface area contributed by atoms with Crippen LogP contribution in [-0.2, 0) is 9.59 Å². The molecular weight excluding hydrogens is 808 g/mol. The van der Waals surface area contributed by atoms with Gasteiger partial charge in [-0.1, -0.05) is 57.5 Å². The molecule has 0 heterocycles. The van der Waals surface area contributed by atoms with E-state index in [4.69, 9.17) is 9.47 Å². The van der Waals surface area contributed by atoms with Crippen LogP contribution in [0.3, 0.4) is 0 Å². The number of benzene rings is 2. The molecule has 0 radical (unpaired) electrons. The lowest BCUT2D eigenvalue weighted by molar-refractivity contribution is -0.135. The maximum atomic E-state index is 12.1. The van der Waals surface area contributed by atoms with Crippen molar-refractivity contribution in [3.8, 4) is 11.5 Å². The van der Waals surface area contributed by atoms with E-state index in [0.717, 1.165) is 47.5 Å². The van der Waals surface area contributed by atoms with Crippen LogP contribution in [0.5, 0.6) is 11.5 Å². The Kier molecular flexibility index (Phi) is 13.0. The lowest BCUT2D eigenvalue weighted by atomic mass is 10.1. The summed E-state index contributed by atoms with van der Waals surface area (Å²) in [7, 11) is 0. The van der Waals surface area contributed by atoms with Crippen molar-refractivity contribution in [1.29, 1.82) is 0 Å². The zero-order chi connectivity index (χ0) is 23.7. The number of hydrogen-bond donors (Lipinski definition) is 0. The first-order valence-electron chi connectivity index (χ1n) is 9.88. The van der Waals surface area contributed by atoms with E-state index in [-0.39, 0.29) is 11.9 Å². The predicted molar refractivity (Wildman–Crippen MR) is 147 cm³/mol. The molecule has 32 heavy (non-hydrogen) atoms. The molecule has 0 aromatic heterocycles. The van der Waals surface area contributed by atoms with Gasteiger partial charge in [-0.3, -0.25) is 9.59 Å². The number of ether oxygens (including phenoxy) is 2. The number of carbonyl (C=O) groups excluding carboxylic acids is 2. The van der Waals surface area contributed by atoms with Crippen LogP contribution in [0.15, 0.2) is 51.1 Å². The summed E-state index contributed by atoms with van der Waals surface area (Å²) in [6.45, 7) is 0. The lowest BCUT2D eigenvalue weighted by Crippen LogP contribution is -2.08. The minimum absolute atomic E-state index is 0.248. The zero-order valence-corrected chi connectivity index (χ0v) is 26.4. The highest BCUT2D eigenvalue weighted by atomic mass is 79.9. The smallest absolute Gasteiger partial charge is 0.311 e. The number of unbranched alkanes of at least 4 members (excludes halogenated alkanes) is 5. The summed E-state index contributed by atoms with van der Waals surface area (Å²) in [6, 6.07) is 7.33. The number of halogens is 6. The molecule has 2 rings (SSSR count). The first-order chi connectivity index (χ1) is 15.2. The Balaban J connectivity index is 1.57. The first kappa shape index (κ1) is 28.5. The van der Waals surface area contributed by atoms with E-state index in [2.05, 4.69) is 95.6 Å². The van der Waals surface area contributed by atoms with Gasteiger partial charge in [0.05, 0.1) is 17.9 Å². The molecular formula is C22H20Br6O4. The topological polar surface area (TPSA) is 52.6 Å². The molecule has 0 aliphatic carbocycles. The summed E-state index contributed by atoms with van der Waals surface area (Å²) in [5, 5.41) is 0. The van der Waals surface area contributed by atoms with Crippen molar-refractivity contribution in [2.75, 3.05) is 0 Å². The maximum Gasteiger partial charge on any atom is 0.311 e. The highest BCUT2D eigenvalue weighted by molar-refractivity contribution is 9.12. The van der Waals surface area contributed by atoms with Gasteiger partial charge >= 0.3 is 11.9 Å². The Morgan fingerprint density at radius 1 is 0.531 bits per heavy atom. The molecule has 4 nitrogen and oxygen atoms in total. The van der Waals surface area contributed by atoms with Crippen LogP contribution in [0.25, 0.3) is 0 Å². The maximum absolute atomic E-state index is 12.1. The van der Waals surface area contributed by atoms with Crippen molar-refractivity contribution in [3.05, 3.63) is 51.1 Å². The van der Waals surface area contributed by atoms with E-state index in [1.165, 1.54) is 0 Å². The molecule has 0 bridgehead atoms. The fourth-order valence-corrected chi connectivity index (χ4v) is 7.67. The molecule has 2 aromatic rings. The highest BCUT2D eigenvalue weighted by Crippen LogP contribution is 2.37. The third kappa shape index (κ3) is 9.86. The van der Waals surface area contributed by atoms with Crippen molar-refractivity contribution in [1.82, 2.24) is 0 Å². The minimum atomic E-state index is -0.248. The fourth-order valence-electron chi connectivity index (χ4n) is 2.83. The predicted octanol–water partition coefficient (Wildman–Crippen LogP) is 9.89.